The third-order valence-corrected chi connectivity index (χ3v) is 3.21. The number of carbonyl (C=O) groups is 1. The lowest BCUT2D eigenvalue weighted by Crippen LogP contribution is -2.29. The van der Waals surface area contributed by atoms with Crippen molar-refractivity contribution in [2.24, 2.45) is 5.92 Å². The van der Waals surface area contributed by atoms with Gasteiger partial charge in [-0.2, -0.15) is 0 Å². The fraction of sp³-hybridized carbons (Fsp3) is 0.769. The molecule has 0 heterocycles. The molecule has 92 valence electrons. The van der Waals surface area contributed by atoms with E-state index in [4.69, 9.17) is 5.11 Å². The first-order valence-electron chi connectivity index (χ1n) is 6.19. The van der Waals surface area contributed by atoms with Crippen LogP contribution in [0.15, 0.2) is 11.6 Å². The van der Waals surface area contributed by atoms with Crippen molar-refractivity contribution in [1.82, 2.24) is 4.90 Å². The highest BCUT2D eigenvalue weighted by Gasteiger charge is 2.13. The van der Waals surface area contributed by atoms with Gasteiger partial charge in [0.25, 0.3) is 0 Å². The molecule has 0 saturated carbocycles. The molecule has 0 aromatic heterocycles. The predicted octanol–water partition coefficient (Wildman–Crippen LogP) is 2.53. The van der Waals surface area contributed by atoms with Gasteiger partial charge in [0, 0.05) is 13.1 Å². The molecule has 16 heavy (non-hydrogen) atoms. The summed E-state index contributed by atoms with van der Waals surface area (Å²) in [5.74, 6) is -0.978. The second-order valence-corrected chi connectivity index (χ2v) is 4.86. The zero-order valence-electron chi connectivity index (χ0n) is 10.4. The summed E-state index contributed by atoms with van der Waals surface area (Å²) < 4.78 is 0. The van der Waals surface area contributed by atoms with Crippen LogP contribution < -0.4 is 0 Å². The van der Waals surface area contributed by atoms with Crippen molar-refractivity contribution in [3.63, 3.8) is 0 Å². The van der Waals surface area contributed by atoms with Gasteiger partial charge in [0.2, 0.25) is 0 Å². The summed E-state index contributed by atoms with van der Waals surface area (Å²) in [5, 5.41) is 8.81. The van der Waals surface area contributed by atoms with E-state index in [9.17, 15) is 4.79 Å². The predicted molar refractivity (Wildman–Crippen MR) is 65.5 cm³/mol. The summed E-state index contributed by atoms with van der Waals surface area (Å²) in [4.78, 5) is 12.8. The summed E-state index contributed by atoms with van der Waals surface area (Å²) in [6, 6.07) is 0. The van der Waals surface area contributed by atoms with Crippen LogP contribution >= 0.6 is 0 Å². The largest absolute Gasteiger partial charge is 0.481 e. The maximum absolute atomic E-state index is 10.7. The van der Waals surface area contributed by atoms with Crippen LogP contribution in [0.25, 0.3) is 0 Å². The van der Waals surface area contributed by atoms with Gasteiger partial charge in [-0.05, 0) is 39.2 Å². The molecular formula is C13H23NO2. The summed E-state index contributed by atoms with van der Waals surface area (Å²) in [6.07, 6.45) is 8.57. The van der Waals surface area contributed by atoms with Gasteiger partial charge in [-0.25, -0.2) is 0 Å². The van der Waals surface area contributed by atoms with Gasteiger partial charge in [-0.15, -0.1) is 0 Å². The molecule has 0 aromatic rings. The van der Waals surface area contributed by atoms with Crippen LogP contribution in [0.4, 0.5) is 0 Å². The van der Waals surface area contributed by atoms with E-state index < -0.39 is 5.97 Å². The molecule has 0 saturated heterocycles. The van der Waals surface area contributed by atoms with Crippen LogP contribution in [-0.4, -0.2) is 36.1 Å². The van der Waals surface area contributed by atoms with Crippen molar-refractivity contribution < 1.29 is 9.90 Å². The maximum Gasteiger partial charge on any atom is 0.307 e. The number of hydrogen-bond donors (Lipinski definition) is 1. The third-order valence-electron chi connectivity index (χ3n) is 3.21. The first kappa shape index (κ1) is 13.2. The summed E-state index contributed by atoms with van der Waals surface area (Å²) in [7, 11) is 2.00. The monoisotopic (exact) mass is 225 g/mol. The molecule has 0 aliphatic heterocycles. The molecule has 0 fully saturated rings. The number of rotatable bonds is 6. The molecule has 1 N–H and O–H groups in total. The molecule has 1 aliphatic carbocycles. The third kappa shape index (κ3) is 4.79. The van der Waals surface area contributed by atoms with Gasteiger partial charge in [-0.3, -0.25) is 4.79 Å². The molecule has 0 radical (unpaired) electrons. The normalized spacial score (nSPS) is 18.3. The van der Waals surface area contributed by atoms with E-state index in [0.29, 0.717) is 6.54 Å². The Morgan fingerprint density at radius 3 is 2.88 bits per heavy atom. The SMILES string of the molecule is CC(CN(C)CCC1=CCCCC1)C(=O)O. The van der Waals surface area contributed by atoms with Gasteiger partial charge in [-0.1, -0.05) is 18.6 Å². The van der Waals surface area contributed by atoms with E-state index in [1.54, 1.807) is 12.5 Å². The Labute approximate surface area is 98.1 Å². The Balaban J connectivity index is 2.21. The molecule has 1 rings (SSSR count). The lowest BCUT2D eigenvalue weighted by molar-refractivity contribution is -0.141. The van der Waals surface area contributed by atoms with Gasteiger partial charge in [0.15, 0.2) is 0 Å². The highest BCUT2D eigenvalue weighted by Crippen LogP contribution is 2.20. The zero-order valence-corrected chi connectivity index (χ0v) is 10.4. The van der Waals surface area contributed by atoms with Gasteiger partial charge < -0.3 is 10.0 Å². The van der Waals surface area contributed by atoms with Crippen LogP contribution in [0, 0.1) is 5.92 Å². The molecule has 3 nitrogen and oxygen atoms in total. The van der Waals surface area contributed by atoms with Crippen molar-refractivity contribution in [2.45, 2.75) is 39.0 Å². The van der Waals surface area contributed by atoms with Crippen molar-refractivity contribution in [1.29, 1.82) is 0 Å². The summed E-state index contributed by atoms with van der Waals surface area (Å²) in [5.41, 5.74) is 1.56. The van der Waals surface area contributed by atoms with Crippen molar-refractivity contribution in [3.05, 3.63) is 11.6 Å². The molecule has 3 heteroatoms. The Morgan fingerprint density at radius 2 is 2.31 bits per heavy atom. The van der Waals surface area contributed by atoms with Crippen molar-refractivity contribution in [2.75, 3.05) is 20.1 Å². The topological polar surface area (TPSA) is 40.5 Å². The highest BCUT2D eigenvalue weighted by atomic mass is 16.4. The first-order valence-corrected chi connectivity index (χ1v) is 6.19. The molecule has 1 unspecified atom stereocenters. The van der Waals surface area contributed by atoms with Gasteiger partial charge >= 0.3 is 5.97 Å². The standard InChI is InChI=1S/C13H23NO2/c1-11(13(15)16)10-14(2)9-8-12-6-4-3-5-7-12/h6,11H,3-5,7-10H2,1-2H3,(H,15,16). The number of aliphatic carboxylic acids is 1. The number of carboxylic acid groups (broad SMARTS) is 1. The Bertz CT molecular complexity index is 261. The second-order valence-electron chi connectivity index (χ2n) is 4.86. The van der Waals surface area contributed by atoms with E-state index in [1.165, 1.54) is 25.7 Å². The van der Waals surface area contributed by atoms with Crippen LogP contribution in [0.2, 0.25) is 0 Å². The van der Waals surface area contributed by atoms with Crippen LogP contribution in [-0.2, 0) is 4.79 Å². The lowest BCUT2D eigenvalue weighted by atomic mass is 9.97. The molecule has 1 aliphatic rings. The average molecular weight is 225 g/mol. The molecule has 0 spiro atoms. The lowest BCUT2D eigenvalue weighted by Gasteiger charge is -2.20. The fourth-order valence-corrected chi connectivity index (χ4v) is 2.10. The smallest absolute Gasteiger partial charge is 0.307 e. The van der Waals surface area contributed by atoms with E-state index in [-0.39, 0.29) is 5.92 Å². The Hall–Kier alpha value is -0.830. The summed E-state index contributed by atoms with van der Waals surface area (Å²) >= 11 is 0. The zero-order chi connectivity index (χ0) is 12.0. The number of nitrogens with zero attached hydrogens (tertiary/aromatic N) is 1. The minimum atomic E-state index is -0.705. The quantitative estimate of drug-likeness (QED) is 0.706. The van der Waals surface area contributed by atoms with Gasteiger partial charge in [0.05, 0.1) is 5.92 Å². The van der Waals surface area contributed by atoms with E-state index in [0.717, 1.165) is 13.0 Å². The molecule has 0 bridgehead atoms. The molecule has 0 aromatic carbocycles. The van der Waals surface area contributed by atoms with Crippen LogP contribution in [0.3, 0.4) is 0 Å². The highest BCUT2D eigenvalue weighted by molar-refractivity contribution is 5.69. The van der Waals surface area contributed by atoms with Crippen LogP contribution in [0.5, 0.6) is 0 Å². The molecular weight excluding hydrogens is 202 g/mol. The van der Waals surface area contributed by atoms with E-state index >= 15 is 0 Å². The minimum absolute atomic E-state index is 0.273. The van der Waals surface area contributed by atoms with Crippen LogP contribution in [0.1, 0.15) is 39.0 Å². The Kier molecular flexibility index (Phi) is 5.53. The first-order chi connectivity index (χ1) is 7.59. The van der Waals surface area contributed by atoms with E-state index in [1.807, 2.05) is 7.05 Å². The summed E-state index contributed by atoms with van der Waals surface area (Å²) in [6.45, 7) is 3.38. The number of allylic oxidation sites excluding steroid dienone is 1. The fourth-order valence-electron chi connectivity index (χ4n) is 2.10. The maximum atomic E-state index is 10.7. The van der Waals surface area contributed by atoms with Crippen molar-refractivity contribution in [3.8, 4) is 0 Å². The van der Waals surface area contributed by atoms with Gasteiger partial charge in [0.1, 0.15) is 0 Å². The van der Waals surface area contributed by atoms with E-state index in [2.05, 4.69) is 11.0 Å². The number of carboxylic acids is 1. The number of hydrogen-bond acceptors (Lipinski definition) is 2. The Morgan fingerprint density at radius 1 is 1.56 bits per heavy atom. The second kappa shape index (κ2) is 6.69. The van der Waals surface area contributed by atoms with Crippen molar-refractivity contribution >= 4 is 5.97 Å². The average Bonchev–Trinajstić information content (AvgIpc) is 2.27. The molecule has 1 atom stereocenters. The molecule has 0 amide bonds. The minimum Gasteiger partial charge on any atom is -0.481 e.